The van der Waals surface area contributed by atoms with Crippen LogP contribution in [0.5, 0.6) is 0 Å². The molecule has 3 aromatic rings. The molecule has 0 N–H and O–H groups in total. The lowest BCUT2D eigenvalue weighted by Gasteiger charge is -2.25. The van der Waals surface area contributed by atoms with E-state index < -0.39 is 0 Å². The molecule has 1 aromatic heterocycles. The second kappa shape index (κ2) is 8.91. The van der Waals surface area contributed by atoms with E-state index in [1.54, 1.807) is 17.0 Å². The Labute approximate surface area is 170 Å². The number of halogens is 2. The molecule has 3 rings (SSSR count). The first-order valence-corrected chi connectivity index (χ1v) is 10.5. The van der Waals surface area contributed by atoms with Crippen LogP contribution in [0.1, 0.15) is 24.2 Å². The molecule has 0 aliphatic heterocycles. The van der Waals surface area contributed by atoms with E-state index in [9.17, 15) is 9.18 Å². The molecule has 1 amide bonds. The van der Waals surface area contributed by atoms with Gasteiger partial charge in [0.15, 0.2) is 5.13 Å². The summed E-state index contributed by atoms with van der Waals surface area (Å²) in [5.74, 6) is -0.513. The maximum absolute atomic E-state index is 14.1. The number of aromatic nitrogens is 1. The van der Waals surface area contributed by atoms with Crippen molar-refractivity contribution in [3.05, 3.63) is 58.3 Å². The lowest BCUT2D eigenvalue weighted by Crippen LogP contribution is -2.39. The lowest BCUT2D eigenvalue weighted by molar-refractivity contribution is 0.0983. The van der Waals surface area contributed by atoms with E-state index in [4.69, 9.17) is 0 Å². The molecule has 0 bridgehead atoms. The minimum atomic E-state index is -0.368. The molecule has 0 saturated carbocycles. The van der Waals surface area contributed by atoms with Gasteiger partial charge in [0, 0.05) is 17.6 Å². The molecule has 1 heterocycles. The second-order valence-electron chi connectivity index (χ2n) is 6.05. The van der Waals surface area contributed by atoms with Gasteiger partial charge in [-0.3, -0.25) is 9.69 Å². The third kappa shape index (κ3) is 4.36. The van der Waals surface area contributed by atoms with Crippen LogP contribution in [0.2, 0.25) is 0 Å². The quantitative estimate of drug-likeness (QED) is 0.498. The van der Waals surface area contributed by atoms with Crippen LogP contribution in [0, 0.1) is 5.82 Å². The third-order valence-corrected chi connectivity index (χ3v) is 6.21. The number of carbonyl (C=O) groups is 1. The van der Waals surface area contributed by atoms with Gasteiger partial charge < -0.3 is 4.90 Å². The number of thiazole rings is 1. The normalized spacial score (nSPS) is 11.3. The Morgan fingerprint density at radius 1 is 1.11 bits per heavy atom. The number of fused-ring (bicyclic) bond motifs is 1. The van der Waals surface area contributed by atoms with Crippen LogP contribution < -0.4 is 4.90 Å². The molecule has 0 radical (unpaired) electrons. The van der Waals surface area contributed by atoms with Crippen molar-refractivity contribution < 1.29 is 9.18 Å². The zero-order chi connectivity index (χ0) is 19.4. The SMILES string of the molecule is CCN(CC)CCN(C(=O)c1ccccc1Br)c1nc2c(F)cccc2s1. The van der Waals surface area contributed by atoms with Crippen LogP contribution in [0.4, 0.5) is 9.52 Å². The summed E-state index contributed by atoms with van der Waals surface area (Å²) < 4.78 is 15.6. The van der Waals surface area contributed by atoms with E-state index in [2.05, 4.69) is 39.7 Å². The molecule has 0 aliphatic rings. The van der Waals surface area contributed by atoms with E-state index in [0.717, 1.165) is 28.8 Å². The molecule has 0 unspecified atom stereocenters. The van der Waals surface area contributed by atoms with Crippen molar-refractivity contribution in [3.8, 4) is 0 Å². The third-order valence-electron chi connectivity index (χ3n) is 4.47. The summed E-state index contributed by atoms with van der Waals surface area (Å²) in [4.78, 5) is 21.6. The molecule has 0 spiro atoms. The van der Waals surface area contributed by atoms with Crippen LogP contribution in [-0.4, -0.2) is 42.0 Å². The van der Waals surface area contributed by atoms with Gasteiger partial charge in [0.2, 0.25) is 0 Å². The van der Waals surface area contributed by atoms with Crippen molar-refractivity contribution in [2.75, 3.05) is 31.1 Å². The average Bonchev–Trinajstić information content (AvgIpc) is 3.10. The number of nitrogens with zero attached hydrogens (tertiary/aromatic N) is 3. The molecule has 0 atom stereocenters. The van der Waals surface area contributed by atoms with E-state index in [0.29, 0.717) is 22.8 Å². The van der Waals surface area contributed by atoms with E-state index >= 15 is 0 Å². The number of anilines is 1. The first-order chi connectivity index (χ1) is 13.0. The highest BCUT2D eigenvalue weighted by atomic mass is 79.9. The zero-order valence-electron chi connectivity index (χ0n) is 15.3. The Morgan fingerprint density at radius 2 is 1.85 bits per heavy atom. The number of likely N-dealkylation sites (N-methyl/N-ethyl adjacent to an activating group) is 1. The van der Waals surface area contributed by atoms with Gasteiger partial charge >= 0.3 is 0 Å². The maximum Gasteiger partial charge on any atom is 0.261 e. The highest BCUT2D eigenvalue weighted by molar-refractivity contribution is 9.10. The molecule has 0 saturated heterocycles. The highest BCUT2D eigenvalue weighted by Crippen LogP contribution is 2.31. The Bertz CT molecular complexity index is 942. The van der Waals surface area contributed by atoms with Crippen molar-refractivity contribution >= 4 is 48.5 Å². The Kier molecular flexibility index (Phi) is 6.57. The summed E-state index contributed by atoms with van der Waals surface area (Å²) in [6.45, 7) is 7.21. The number of carbonyl (C=O) groups excluding carboxylic acids is 1. The summed E-state index contributed by atoms with van der Waals surface area (Å²) in [6.07, 6.45) is 0. The average molecular weight is 450 g/mol. The van der Waals surface area contributed by atoms with Gasteiger partial charge in [-0.25, -0.2) is 9.37 Å². The summed E-state index contributed by atoms with van der Waals surface area (Å²) in [7, 11) is 0. The molecule has 4 nitrogen and oxygen atoms in total. The number of benzene rings is 2. The standard InChI is InChI=1S/C20H21BrFN3OS/c1-3-24(4-2)12-13-25(19(26)14-8-5-6-9-15(14)21)20-23-18-16(22)10-7-11-17(18)27-20/h5-11H,3-4,12-13H2,1-2H3. The van der Waals surface area contributed by atoms with Crippen molar-refractivity contribution in [2.45, 2.75) is 13.8 Å². The monoisotopic (exact) mass is 449 g/mol. The van der Waals surface area contributed by atoms with E-state index in [1.165, 1.54) is 17.4 Å². The van der Waals surface area contributed by atoms with Gasteiger partial charge in [0.1, 0.15) is 11.3 Å². The van der Waals surface area contributed by atoms with Crippen LogP contribution >= 0.6 is 27.3 Å². The first-order valence-electron chi connectivity index (χ1n) is 8.89. The van der Waals surface area contributed by atoms with Gasteiger partial charge in [0.05, 0.1) is 10.3 Å². The van der Waals surface area contributed by atoms with E-state index in [-0.39, 0.29) is 11.7 Å². The summed E-state index contributed by atoms with van der Waals surface area (Å²) in [5.41, 5.74) is 0.877. The van der Waals surface area contributed by atoms with Crippen LogP contribution in [0.25, 0.3) is 10.2 Å². The van der Waals surface area contributed by atoms with Gasteiger partial charge in [-0.05, 0) is 53.3 Å². The lowest BCUT2D eigenvalue weighted by atomic mass is 10.2. The molecule has 2 aromatic carbocycles. The number of hydrogen-bond acceptors (Lipinski definition) is 4. The second-order valence-corrected chi connectivity index (χ2v) is 7.91. The van der Waals surface area contributed by atoms with Crippen molar-refractivity contribution in [1.29, 1.82) is 0 Å². The fraction of sp³-hybridized carbons (Fsp3) is 0.300. The van der Waals surface area contributed by atoms with Crippen LogP contribution in [0.15, 0.2) is 46.9 Å². The fourth-order valence-electron chi connectivity index (χ4n) is 2.86. The molecule has 142 valence electrons. The summed E-state index contributed by atoms with van der Waals surface area (Å²) >= 11 is 4.79. The smallest absolute Gasteiger partial charge is 0.261 e. The Hall–Kier alpha value is -1.83. The van der Waals surface area contributed by atoms with Crippen LogP contribution in [-0.2, 0) is 0 Å². The van der Waals surface area contributed by atoms with E-state index in [1.807, 2.05) is 24.3 Å². The van der Waals surface area contributed by atoms with Crippen molar-refractivity contribution in [1.82, 2.24) is 9.88 Å². The van der Waals surface area contributed by atoms with Gasteiger partial charge in [-0.2, -0.15) is 0 Å². The van der Waals surface area contributed by atoms with Gasteiger partial charge in [-0.15, -0.1) is 0 Å². The zero-order valence-corrected chi connectivity index (χ0v) is 17.7. The molecular formula is C20H21BrFN3OS. The largest absolute Gasteiger partial charge is 0.302 e. The predicted octanol–water partition coefficient (Wildman–Crippen LogP) is 5.19. The molecule has 0 fully saturated rings. The number of rotatable bonds is 7. The number of para-hydroxylation sites is 1. The molecule has 0 aliphatic carbocycles. The molecule has 7 heteroatoms. The van der Waals surface area contributed by atoms with Crippen molar-refractivity contribution in [3.63, 3.8) is 0 Å². The Balaban J connectivity index is 1.99. The number of amides is 1. The molecule has 27 heavy (non-hydrogen) atoms. The minimum Gasteiger partial charge on any atom is -0.302 e. The first kappa shape index (κ1) is 19.9. The van der Waals surface area contributed by atoms with Crippen LogP contribution in [0.3, 0.4) is 0 Å². The van der Waals surface area contributed by atoms with Gasteiger partial charge in [0.25, 0.3) is 5.91 Å². The predicted molar refractivity (Wildman–Crippen MR) is 113 cm³/mol. The van der Waals surface area contributed by atoms with Gasteiger partial charge in [-0.1, -0.05) is 43.4 Å². The highest BCUT2D eigenvalue weighted by Gasteiger charge is 2.23. The summed E-state index contributed by atoms with van der Waals surface area (Å²) in [5, 5.41) is 0.517. The minimum absolute atomic E-state index is 0.144. The molecular weight excluding hydrogens is 429 g/mol. The number of hydrogen-bond donors (Lipinski definition) is 0. The Morgan fingerprint density at radius 3 is 2.52 bits per heavy atom. The topological polar surface area (TPSA) is 36.4 Å². The maximum atomic E-state index is 14.1. The summed E-state index contributed by atoms with van der Waals surface area (Å²) in [6, 6.07) is 12.2. The fourth-order valence-corrected chi connectivity index (χ4v) is 4.32. The van der Waals surface area contributed by atoms with Crippen molar-refractivity contribution in [2.24, 2.45) is 0 Å².